The molecule has 2 rings (SSSR count). The lowest BCUT2D eigenvalue weighted by molar-refractivity contribution is 0.0994. The van der Waals surface area contributed by atoms with Gasteiger partial charge in [-0.3, -0.25) is 4.79 Å². The van der Waals surface area contributed by atoms with Crippen LogP contribution in [-0.2, 0) is 0 Å². The molecule has 0 aliphatic heterocycles. The Balaban J connectivity index is 2.04. The lowest BCUT2D eigenvalue weighted by Crippen LogP contribution is -2.35. The first-order valence-electron chi connectivity index (χ1n) is 6.98. The number of carbonyl (C=O) groups is 1. The van der Waals surface area contributed by atoms with Crippen LogP contribution in [0.25, 0.3) is 0 Å². The van der Waals surface area contributed by atoms with Crippen molar-refractivity contribution in [3.8, 4) is 0 Å². The Hall–Kier alpha value is -1.65. The molecule has 1 amide bonds. The van der Waals surface area contributed by atoms with Crippen molar-refractivity contribution in [2.45, 2.75) is 45.6 Å². The molecule has 1 heterocycles. The first kappa shape index (κ1) is 13.8. The van der Waals surface area contributed by atoms with E-state index in [0.717, 1.165) is 5.82 Å². The van der Waals surface area contributed by atoms with Crippen LogP contribution in [0, 0.1) is 11.8 Å². The van der Waals surface area contributed by atoms with Crippen molar-refractivity contribution >= 4 is 11.7 Å². The number of amides is 1. The van der Waals surface area contributed by atoms with Crippen molar-refractivity contribution in [1.29, 1.82) is 0 Å². The molecule has 3 N–H and O–H groups in total. The van der Waals surface area contributed by atoms with E-state index in [4.69, 9.17) is 5.73 Å². The highest BCUT2D eigenvalue weighted by Crippen LogP contribution is 2.31. The van der Waals surface area contributed by atoms with E-state index in [1.54, 1.807) is 12.1 Å². The van der Waals surface area contributed by atoms with Gasteiger partial charge in [0.25, 0.3) is 5.91 Å². The van der Waals surface area contributed by atoms with Crippen LogP contribution in [0.4, 0.5) is 5.82 Å². The van der Waals surface area contributed by atoms with Gasteiger partial charge in [0.1, 0.15) is 5.82 Å². The maximum Gasteiger partial charge on any atom is 0.269 e. The monoisotopic (exact) mass is 262 g/mol. The zero-order valence-electron chi connectivity index (χ0n) is 11.6. The Kier molecular flexibility index (Phi) is 4.35. The third-order valence-electron chi connectivity index (χ3n) is 3.93. The minimum atomic E-state index is -0.545. The predicted molar refractivity (Wildman–Crippen MR) is 74.8 cm³/mol. The second-order valence-corrected chi connectivity index (χ2v) is 5.61. The van der Waals surface area contributed by atoms with Gasteiger partial charge in [0.2, 0.25) is 0 Å². The smallest absolute Gasteiger partial charge is 0.269 e. The molecule has 5 nitrogen and oxygen atoms in total. The molecular formula is C14H22N4O. The number of primary amides is 1. The highest BCUT2D eigenvalue weighted by molar-refractivity contribution is 5.90. The van der Waals surface area contributed by atoms with Gasteiger partial charge in [-0.05, 0) is 36.8 Å². The van der Waals surface area contributed by atoms with Crippen LogP contribution in [-0.4, -0.2) is 22.1 Å². The van der Waals surface area contributed by atoms with E-state index in [0.29, 0.717) is 17.9 Å². The molecule has 0 aromatic carbocycles. The number of nitrogens with zero attached hydrogens (tertiary/aromatic N) is 2. The van der Waals surface area contributed by atoms with E-state index in [1.807, 2.05) is 0 Å². The number of nitrogens with two attached hydrogens (primary N) is 1. The second kappa shape index (κ2) is 5.99. The van der Waals surface area contributed by atoms with E-state index in [-0.39, 0.29) is 5.69 Å². The third kappa shape index (κ3) is 3.43. The molecule has 0 bridgehead atoms. The summed E-state index contributed by atoms with van der Waals surface area (Å²) in [5.41, 5.74) is 5.35. The molecule has 1 aliphatic carbocycles. The van der Waals surface area contributed by atoms with Crippen molar-refractivity contribution < 1.29 is 4.79 Å². The summed E-state index contributed by atoms with van der Waals surface area (Å²) >= 11 is 0. The average Bonchev–Trinajstić information content (AvgIpc) is 2.39. The molecule has 2 unspecified atom stereocenters. The molecule has 1 saturated carbocycles. The zero-order chi connectivity index (χ0) is 13.8. The maximum absolute atomic E-state index is 10.9. The van der Waals surface area contributed by atoms with Crippen molar-refractivity contribution in [2.75, 3.05) is 5.32 Å². The molecule has 0 radical (unpaired) electrons. The number of nitrogens with one attached hydrogen (secondary N) is 1. The van der Waals surface area contributed by atoms with E-state index >= 15 is 0 Å². The number of hydrogen-bond acceptors (Lipinski definition) is 4. The summed E-state index contributed by atoms with van der Waals surface area (Å²) in [6, 6.07) is 3.84. The minimum Gasteiger partial charge on any atom is -0.366 e. The van der Waals surface area contributed by atoms with Crippen molar-refractivity contribution in [1.82, 2.24) is 10.2 Å². The van der Waals surface area contributed by atoms with Crippen LogP contribution < -0.4 is 11.1 Å². The number of aromatic nitrogens is 2. The topological polar surface area (TPSA) is 80.9 Å². The molecule has 1 aromatic rings. The lowest BCUT2D eigenvalue weighted by atomic mass is 9.78. The van der Waals surface area contributed by atoms with Crippen molar-refractivity contribution in [2.24, 2.45) is 17.6 Å². The Morgan fingerprint density at radius 2 is 2.05 bits per heavy atom. The first-order chi connectivity index (χ1) is 9.08. The van der Waals surface area contributed by atoms with Gasteiger partial charge in [-0.25, -0.2) is 0 Å². The molecule has 1 fully saturated rings. The third-order valence-corrected chi connectivity index (χ3v) is 3.93. The largest absolute Gasteiger partial charge is 0.366 e. The van der Waals surface area contributed by atoms with Gasteiger partial charge in [-0.1, -0.05) is 26.7 Å². The average molecular weight is 262 g/mol. The molecule has 0 saturated heterocycles. The van der Waals surface area contributed by atoms with E-state index in [2.05, 4.69) is 29.4 Å². The molecule has 104 valence electrons. The summed E-state index contributed by atoms with van der Waals surface area (Å²) in [6.07, 6.45) is 5.01. The Bertz CT molecular complexity index is 430. The SMILES string of the molecule is CC(C)C1CCCCC1Nc1ccc(C(N)=O)nn1. The van der Waals surface area contributed by atoms with E-state index < -0.39 is 5.91 Å². The normalized spacial score (nSPS) is 23.3. The summed E-state index contributed by atoms with van der Waals surface area (Å²) < 4.78 is 0. The number of anilines is 1. The van der Waals surface area contributed by atoms with Crippen LogP contribution >= 0.6 is 0 Å². The zero-order valence-corrected chi connectivity index (χ0v) is 11.6. The molecule has 1 aromatic heterocycles. The molecule has 2 atom stereocenters. The second-order valence-electron chi connectivity index (χ2n) is 5.61. The maximum atomic E-state index is 10.9. The molecule has 0 spiro atoms. The molecule has 1 aliphatic rings. The number of carbonyl (C=O) groups excluding carboxylic acids is 1. The van der Waals surface area contributed by atoms with Crippen LogP contribution in [0.3, 0.4) is 0 Å². The van der Waals surface area contributed by atoms with Gasteiger partial charge < -0.3 is 11.1 Å². The highest BCUT2D eigenvalue weighted by atomic mass is 16.1. The van der Waals surface area contributed by atoms with Crippen LogP contribution in [0.2, 0.25) is 0 Å². The van der Waals surface area contributed by atoms with Gasteiger partial charge in [0.15, 0.2) is 5.69 Å². The van der Waals surface area contributed by atoms with Gasteiger partial charge in [0, 0.05) is 6.04 Å². The molecule has 19 heavy (non-hydrogen) atoms. The molecule has 5 heteroatoms. The Labute approximate surface area is 114 Å². The fourth-order valence-corrected chi connectivity index (χ4v) is 2.87. The fourth-order valence-electron chi connectivity index (χ4n) is 2.87. The van der Waals surface area contributed by atoms with Crippen molar-refractivity contribution in [3.63, 3.8) is 0 Å². The quantitative estimate of drug-likeness (QED) is 0.871. The lowest BCUT2D eigenvalue weighted by Gasteiger charge is -2.35. The van der Waals surface area contributed by atoms with Gasteiger partial charge in [-0.15, -0.1) is 10.2 Å². The molecular weight excluding hydrogens is 240 g/mol. The van der Waals surface area contributed by atoms with Crippen LogP contribution in [0.15, 0.2) is 12.1 Å². The summed E-state index contributed by atoms with van der Waals surface area (Å²) in [6.45, 7) is 4.54. The number of hydrogen-bond donors (Lipinski definition) is 2. The van der Waals surface area contributed by atoms with Gasteiger partial charge >= 0.3 is 0 Å². The van der Waals surface area contributed by atoms with Crippen LogP contribution in [0.1, 0.15) is 50.0 Å². The van der Waals surface area contributed by atoms with E-state index in [9.17, 15) is 4.79 Å². The summed E-state index contributed by atoms with van der Waals surface area (Å²) in [4.78, 5) is 10.9. The summed E-state index contributed by atoms with van der Waals surface area (Å²) in [5, 5.41) is 11.3. The Morgan fingerprint density at radius 1 is 1.32 bits per heavy atom. The van der Waals surface area contributed by atoms with E-state index in [1.165, 1.54) is 25.7 Å². The highest BCUT2D eigenvalue weighted by Gasteiger charge is 2.27. The fraction of sp³-hybridized carbons (Fsp3) is 0.643. The van der Waals surface area contributed by atoms with Gasteiger partial charge in [0.05, 0.1) is 0 Å². The minimum absolute atomic E-state index is 0.203. The Morgan fingerprint density at radius 3 is 2.63 bits per heavy atom. The predicted octanol–water partition coefficient (Wildman–Crippen LogP) is 2.20. The van der Waals surface area contributed by atoms with Crippen LogP contribution in [0.5, 0.6) is 0 Å². The standard InChI is InChI=1S/C14H22N4O/c1-9(2)10-5-3-4-6-11(10)16-13-8-7-12(14(15)19)17-18-13/h7-11H,3-6H2,1-2H3,(H2,15,19)(H,16,18). The summed E-state index contributed by atoms with van der Waals surface area (Å²) in [5.74, 6) is 1.52. The number of rotatable bonds is 4. The summed E-state index contributed by atoms with van der Waals surface area (Å²) in [7, 11) is 0. The van der Waals surface area contributed by atoms with Gasteiger partial charge in [-0.2, -0.15) is 0 Å². The first-order valence-corrected chi connectivity index (χ1v) is 6.98. The van der Waals surface area contributed by atoms with Crippen molar-refractivity contribution in [3.05, 3.63) is 17.8 Å².